The molecule has 8 rings (SSSR count). The topological polar surface area (TPSA) is 134 Å². The van der Waals surface area contributed by atoms with Gasteiger partial charge in [-0.3, -0.25) is 9.59 Å². The van der Waals surface area contributed by atoms with Crippen LogP contribution in [0, 0.1) is 17.3 Å². The van der Waals surface area contributed by atoms with Gasteiger partial charge in [-0.1, -0.05) is 208 Å². The molecule has 5 aromatic carbocycles. The number of carbonyl (C=O) groups excluding carboxylic acids is 3. The molecule has 0 radical (unpaired) electrons. The molecule has 12 nitrogen and oxygen atoms in total. The van der Waals surface area contributed by atoms with Crippen molar-refractivity contribution in [3.8, 4) is 5.75 Å². The summed E-state index contributed by atoms with van der Waals surface area (Å²) in [6, 6.07) is 50.8. The van der Waals surface area contributed by atoms with Gasteiger partial charge in [-0.25, -0.2) is 4.79 Å². The second-order valence-corrected chi connectivity index (χ2v) is 36.6. The zero-order chi connectivity index (χ0) is 65.0. The fraction of sp³-hybridized carbons (Fsp3) is 0.487. The number of hydrogen-bond donors (Lipinski definition) is 0. The molecule has 0 saturated carbocycles. The van der Waals surface area contributed by atoms with Crippen LogP contribution in [0.25, 0.3) is 0 Å². The highest BCUT2D eigenvalue weighted by molar-refractivity contribution is 7.00. The molecule has 0 aromatic heterocycles. The molecule has 10 atom stereocenters. The molecule has 0 unspecified atom stereocenters. The van der Waals surface area contributed by atoms with Gasteiger partial charge in [0.2, 0.25) is 0 Å². The first-order valence-corrected chi connectivity index (χ1v) is 36.2. The highest BCUT2D eigenvalue weighted by Gasteiger charge is 2.57. The number of ketones is 1. The average Bonchev–Trinajstić information content (AvgIpc) is 0.848. The summed E-state index contributed by atoms with van der Waals surface area (Å²) in [5.74, 6) is -0.685. The predicted octanol–water partition coefficient (Wildman–Crippen LogP) is 13.2. The van der Waals surface area contributed by atoms with Crippen LogP contribution in [0.4, 0.5) is 0 Å². The highest BCUT2D eigenvalue weighted by atomic mass is 28.4. The average molecular weight is 1260 g/mol. The summed E-state index contributed by atoms with van der Waals surface area (Å²) in [6.45, 7) is 33.1. The lowest BCUT2D eigenvalue weighted by atomic mass is 9.80. The van der Waals surface area contributed by atoms with E-state index < -0.39 is 70.7 Å². The Balaban J connectivity index is 1.08. The zero-order valence-corrected chi connectivity index (χ0v) is 57.8. The van der Waals surface area contributed by atoms with Gasteiger partial charge in [-0.05, 0) is 118 Å². The first-order chi connectivity index (χ1) is 42.8. The maximum atomic E-state index is 14.9. The van der Waals surface area contributed by atoms with Crippen LogP contribution in [0.15, 0.2) is 182 Å². The largest absolute Gasteiger partial charge is 0.497 e. The Morgan fingerprint density at radius 3 is 1.73 bits per heavy atom. The first kappa shape index (κ1) is 69.8. The van der Waals surface area contributed by atoms with E-state index in [1.807, 2.05) is 58.0 Å². The van der Waals surface area contributed by atoms with Crippen LogP contribution in [-0.4, -0.2) is 111 Å². The molecule has 0 bridgehead atoms. The Morgan fingerprint density at radius 1 is 0.678 bits per heavy atom. The molecule has 0 spiro atoms. The Bertz CT molecular complexity index is 3110. The Labute approximate surface area is 539 Å². The van der Waals surface area contributed by atoms with E-state index in [-0.39, 0.29) is 59.2 Å². The molecule has 3 heterocycles. The minimum absolute atomic E-state index is 0.0140. The van der Waals surface area contributed by atoms with Crippen LogP contribution in [0.2, 0.25) is 10.1 Å². The first-order valence-electron chi connectivity index (χ1n) is 32.4. The number of carbonyl (C=O) groups is 3. The quantitative estimate of drug-likeness (QED) is 0.0163. The van der Waals surface area contributed by atoms with Gasteiger partial charge in [0.1, 0.15) is 5.75 Å². The number of esters is 2. The number of benzene rings is 5. The minimum Gasteiger partial charge on any atom is -0.497 e. The maximum absolute atomic E-state index is 14.9. The van der Waals surface area contributed by atoms with Crippen molar-refractivity contribution in [2.75, 3.05) is 27.4 Å². The van der Waals surface area contributed by atoms with Gasteiger partial charge in [0.05, 0.1) is 81.7 Å². The van der Waals surface area contributed by atoms with Crippen molar-refractivity contribution in [2.24, 2.45) is 17.3 Å². The van der Waals surface area contributed by atoms with E-state index in [2.05, 4.69) is 183 Å². The lowest BCUT2D eigenvalue weighted by Crippen LogP contribution is -2.70. The van der Waals surface area contributed by atoms with Gasteiger partial charge in [0.15, 0.2) is 5.78 Å². The highest BCUT2D eigenvalue weighted by Crippen LogP contribution is 2.45. The number of allylic oxidation sites excluding steroid dienone is 2. The molecule has 0 amide bonds. The normalized spacial score (nSPS) is 22.9. The lowest BCUT2D eigenvalue weighted by molar-refractivity contribution is -0.271. The van der Waals surface area contributed by atoms with E-state index >= 15 is 0 Å². The standard InChI is InChI=1S/C76H100O12Si2/c1-52(38-41-57(72(78)81-15)48-66-53(2)47-59(85-66)29-28-45-82-73(79)74(5,6)7)54(3)64(77)49-68-70(83-51-56-39-42-58(80-14)43-40-56)55(4)71-69(86-68)50-67(88-90(76(11,12)13,62-34-24-18-25-35-62)63-36-26-19-27-37-63)65(87-71)44-46-84-89(75(8,9)10,60-30-20-16-21-31-60)61-32-22-17-23-33-61/h16-27,30-37,39-43,52,55,59,65-71H,2-3,28-29,38,44-51H2,1,4-15H3/b57-41+/t52-,55-,59+,65-,66+,67-,68+,69+,70-,71+/m1/s1. The second kappa shape index (κ2) is 30.6. The fourth-order valence-corrected chi connectivity index (χ4v) is 22.8. The number of Topliss-reactive ketones (excluding diaryl/α,β-unsaturated/α-hetero) is 1. The van der Waals surface area contributed by atoms with Crippen LogP contribution in [0.5, 0.6) is 5.75 Å². The Kier molecular flexibility index (Phi) is 23.7. The fourth-order valence-electron chi connectivity index (χ4n) is 13.5. The summed E-state index contributed by atoms with van der Waals surface area (Å²) >= 11 is 0. The van der Waals surface area contributed by atoms with Gasteiger partial charge in [0.25, 0.3) is 16.6 Å². The number of fused-ring (bicyclic) bond motifs is 1. The van der Waals surface area contributed by atoms with Crippen molar-refractivity contribution in [3.05, 3.63) is 187 Å². The molecule has 14 heteroatoms. The van der Waals surface area contributed by atoms with Crippen molar-refractivity contribution in [2.45, 2.75) is 193 Å². The molecule has 3 aliphatic heterocycles. The molecule has 90 heavy (non-hydrogen) atoms. The minimum atomic E-state index is -3.19. The van der Waals surface area contributed by atoms with Crippen LogP contribution < -0.4 is 25.5 Å². The number of hydrogen-bond acceptors (Lipinski definition) is 12. The molecule has 3 aliphatic rings. The molecular weight excluding hydrogens is 1160 g/mol. The zero-order valence-electron chi connectivity index (χ0n) is 55.8. The van der Waals surface area contributed by atoms with Crippen LogP contribution >= 0.6 is 0 Å². The third-order valence-corrected chi connectivity index (χ3v) is 28.6. The van der Waals surface area contributed by atoms with Crippen LogP contribution in [-0.2, 0) is 58.3 Å². The third-order valence-electron chi connectivity index (χ3n) is 18.5. The number of ether oxygens (including phenoxy) is 7. The third kappa shape index (κ3) is 16.4. The van der Waals surface area contributed by atoms with E-state index in [1.54, 1.807) is 7.11 Å². The van der Waals surface area contributed by atoms with Crippen molar-refractivity contribution < 1.29 is 56.4 Å². The Hall–Kier alpha value is -6.08. The van der Waals surface area contributed by atoms with Gasteiger partial charge in [-0.2, -0.15) is 0 Å². The monoisotopic (exact) mass is 1260 g/mol. The van der Waals surface area contributed by atoms with Crippen LogP contribution in [0.3, 0.4) is 0 Å². The summed E-state index contributed by atoms with van der Waals surface area (Å²) < 4.78 is 60.4. The molecule has 0 aliphatic carbocycles. The molecular formula is C76H100O12Si2. The summed E-state index contributed by atoms with van der Waals surface area (Å²) in [4.78, 5) is 40.6. The summed E-state index contributed by atoms with van der Waals surface area (Å²) in [7, 11) is -3.13. The SMILES string of the molecule is C=C(C(=O)C[C@@H]1O[C@H]2C[C@@H](O[Si](c3ccccc3)(c3ccccc3)C(C)(C)C)[C@@H](CCO[Si](c3ccccc3)(c3ccccc3)C(C)(C)C)O[C@H]2[C@H](C)[C@H]1OCc1ccc(OC)cc1)[C@H](C)C/C=C(\C[C@@H]1O[C@@H](CCCOC(=O)C(C)(C)C)CC1=C)C(=O)OC. The smallest absolute Gasteiger partial charge is 0.333 e. The van der Waals surface area contributed by atoms with Crippen molar-refractivity contribution in [3.63, 3.8) is 0 Å². The molecule has 484 valence electrons. The second-order valence-electron chi connectivity index (χ2n) is 28.0. The van der Waals surface area contributed by atoms with E-state index in [1.165, 1.54) is 17.5 Å². The number of rotatable bonds is 27. The van der Waals surface area contributed by atoms with Gasteiger partial charge < -0.3 is 42.0 Å². The van der Waals surface area contributed by atoms with Crippen LogP contribution in [0.1, 0.15) is 133 Å². The Morgan fingerprint density at radius 2 is 1.22 bits per heavy atom. The predicted molar refractivity (Wildman–Crippen MR) is 363 cm³/mol. The van der Waals surface area contributed by atoms with E-state index in [0.29, 0.717) is 62.9 Å². The van der Waals surface area contributed by atoms with E-state index in [0.717, 1.165) is 27.3 Å². The van der Waals surface area contributed by atoms with Gasteiger partial charge in [-0.15, -0.1) is 0 Å². The molecule has 5 aromatic rings. The molecule has 0 N–H and O–H groups in total. The van der Waals surface area contributed by atoms with Crippen molar-refractivity contribution in [1.29, 1.82) is 0 Å². The van der Waals surface area contributed by atoms with Crippen molar-refractivity contribution in [1.82, 2.24) is 0 Å². The summed E-state index contributed by atoms with van der Waals surface area (Å²) in [5.41, 5.74) is 2.13. The summed E-state index contributed by atoms with van der Waals surface area (Å²) in [5, 5.41) is 4.17. The molecule has 3 fully saturated rings. The van der Waals surface area contributed by atoms with Gasteiger partial charge in [0, 0.05) is 37.4 Å². The van der Waals surface area contributed by atoms with Crippen molar-refractivity contribution >= 4 is 55.1 Å². The van der Waals surface area contributed by atoms with Gasteiger partial charge >= 0.3 is 11.9 Å². The maximum Gasteiger partial charge on any atom is 0.333 e. The molecule has 3 saturated heterocycles. The van der Waals surface area contributed by atoms with E-state index in [9.17, 15) is 14.4 Å². The number of methoxy groups -OCH3 is 2. The lowest BCUT2D eigenvalue weighted by Gasteiger charge is -2.53. The summed E-state index contributed by atoms with van der Waals surface area (Å²) in [6.07, 6.45) is 2.02. The van der Waals surface area contributed by atoms with E-state index in [4.69, 9.17) is 42.0 Å².